The highest BCUT2D eigenvalue weighted by atomic mass is 16.3. The normalized spacial score (nSPS) is 19.5. The smallest absolute Gasteiger partial charge is 0.115 e. The summed E-state index contributed by atoms with van der Waals surface area (Å²) in [7, 11) is 0. The van der Waals surface area contributed by atoms with Crippen LogP contribution in [-0.2, 0) is 6.42 Å². The molecule has 1 aromatic rings. The molecule has 2 heteroatoms. The topological polar surface area (TPSA) is 32.3 Å². The lowest BCUT2D eigenvalue weighted by atomic mass is 10.0. The number of hydrogen-bond donors (Lipinski definition) is 2. The molecule has 0 saturated carbocycles. The van der Waals surface area contributed by atoms with Crippen molar-refractivity contribution >= 4 is 0 Å². The molecule has 0 saturated heterocycles. The molecule has 0 aromatic heterocycles. The van der Waals surface area contributed by atoms with Crippen molar-refractivity contribution in [3.8, 4) is 5.75 Å². The minimum atomic E-state index is 0.394. The van der Waals surface area contributed by atoms with Crippen molar-refractivity contribution in [3.63, 3.8) is 0 Å². The van der Waals surface area contributed by atoms with Gasteiger partial charge in [0.05, 0.1) is 0 Å². The SMILES string of the molecule is CC(C)NCC1CCc2ccc(O)cc21. The first kappa shape index (κ1) is 10.5. The van der Waals surface area contributed by atoms with Crippen LogP contribution in [0.5, 0.6) is 5.75 Å². The van der Waals surface area contributed by atoms with E-state index in [1.807, 2.05) is 6.07 Å². The second kappa shape index (κ2) is 4.23. The molecule has 2 rings (SSSR count). The maximum Gasteiger partial charge on any atom is 0.115 e. The zero-order valence-electron chi connectivity index (χ0n) is 9.46. The van der Waals surface area contributed by atoms with Crippen LogP contribution in [0.15, 0.2) is 18.2 Å². The molecule has 0 aliphatic heterocycles. The average molecular weight is 205 g/mol. The van der Waals surface area contributed by atoms with E-state index in [1.165, 1.54) is 17.5 Å². The number of hydrogen-bond acceptors (Lipinski definition) is 2. The Morgan fingerprint density at radius 2 is 2.27 bits per heavy atom. The van der Waals surface area contributed by atoms with Crippen molar-refractivity contribution in [1.82, 2.24) is 5.32 Å². The van der Waals surface area contributed by atoms with E-state index in [0.717, 1.165) is 13.0 Å². The second-order valence-corrected chi connectivity index (χ2v) is 4.68. The van der Waals surface area contributed by atoms with Gasteiger partial charge in [-0.2, -0.15) is 0 Å². The van der Waals surface area contributed by atoms with E-state index in [2.05, 4.69) is 25.2 Å². The molecule has 1 aliphatic rings. The molecule has 82 valence electrons. The molecule has 15 heavy (non-hydrogen) atoms. The van der Waals surface area contributed by atoms with Crippen molar-refractivity contribution in [2.24, 2.45) is 0 Å². The van der Waals surface area contributed by atoms with Gasteiger partial charge in [-0.25, -0.2) is 0 Å². The van der Waals surface area contributed by atoms with Crippen LogP contribution in [0, 0.1) is 0 Å². The van der Waals surface area contributed by atoms with Crippen LogP contribution >= 0.6 is 0 Å². The number of rotatable bonds is 3. The molecule has 2 N–H and O–H groups in total. The molecule has 1 aliphatic carbocycles. The van der Waals surface area contributed by atoms with Gasteiger partial charge in [0.1, 0.15) is 5.75 Å². The van der Waals surface area contributed by atoms with E-state index in [-0.39, 0.29) is 0 Å². The number of phenols is 1. The fraction of sp³-hybridized carbons (Fsp3) is 0.538. The average Bonchev–Trinajstić information content (AvgIpc) is 2.57. The molecule has 0 heterocycles. The van der Waals surface area contributed by atoms with Gasteiger partial charge in [0.25, 0.3) is 0 Å². The largest absolute Gasteiger partial charge is 0.508 e. The van der Waals surface area contributed by atoms with Gasteiger partial charge in [-0.15, -0.1) is 0 Å². The first-order chi connectivity index (χ1) is 7.16. The number of phenolic OH excluding ortho intramolecular Hbond substituents is 1. The number of fused-ring (bicyclic) bond motifs is 1. The predicted octanol–water partition coefficient (Wildman–Crippen LogP) is 2.42. The molecule has 0 radical (unpaired) electrons. The lowest BCUT2D eigenvalue weighted by Crippen LogP contribution is -2.27. The summed E-state index contributed by atoms with van der Waals surface area (Å²) in [6.45, 7) is 5.35. The number of nitrogens with one attached hydrogen (secondary N) is 1. The van der Waals surface area contributed by atoms with Crippen LogP contribution in [0.25, 0.3) is 0 Å². The van der Waals surface area contributed by atoms with Crippen molar-refractivity contribution in [2.45, 2.75) is 38.6 Å². The maximum absolute atomic E-state index is 9.47. The Kier molecular flexibility index (Phi) is 2.96. The molecule has 1 aromatic carbocycles. The standard InChI is InChI=1S/C13H19NO/c1-9(2)14-8-11-4-3-10-5-6-12(15)7-13(10)11/h5-7,9,11,14-15H,3-4,8H2,1-2H3. The van der Waals surface area contributed by atoms with E-state index >= 15 is 0 Å². The highest BCUT2D eigenvalue weighted by molar-refractivity contribution is 5.40. The summed E-state index contributed by atoms with van der Waals surface area (Å²) in [6, 6.07) is 6.30. The zero-order chi connectivity index (χ0) is 10.8. The van der Waals surface area contributed by atoms with Gasteiger partial charge in [-0.05, 0) is 42.0 Å². The Labute approximate surface area is 91.3 Å². The van der Waals surface area contributed by atoms with Gasteiger partial charge < -0.3 is 10.4 Å². The molecular formula is C13H19NO. The monoisotopic (exact) mass is 205 g/mol. The van der Waals surface area contributed by atoms with Crippen molar-refractivity contribution in [3.05, 3.63) is 29.3 Å². The molecular weight excluding hydrogens is 186 g/mol. The number of aromatic hydroxyl groups is 1. The van der Waals surface area contributed by atoms with Gasteiger partial charge >= 0.3 is 0 Å². The maximum atomic E-state index is 9.47. The van der Waals surface area contributed by atoms with Gasteiger partial charge in [0.15, 0.2) is 0 Å². The highest BCUT2D eigenvalue weighted by Gasteiger charge is 2.22. The van der Waals surface area contributed by atoms with E-state index in [4.69, 9.17) is 0 Å². The molecule has 0 spiro atoms. The molecule has 0 bridgehead atoms. The Balaban J connectivity index is 2.10. The minimum Gasteiger partial charge on any atom is -0.508 e. The summed E-state index contributed by atoms with van der Waals surface area (Å²) >= 11 is 0. The second-order valence-electron chi connectivity index (χ2n) is 4.68. The van der Waals surface area contributed by atoms with Crippen LogP contribution < -0.4 is 5.32 Å². The summed E-state index contributed by atoms with van der Waals surface area (Å²) in [5, 5.41) is 12.9. The summed E-state index contributed by atoms with van der Waals surface area (Å²) in [4.78, 5) is 0. The minimum absolute atomic E-state index is 0.394. The van der Waals surface area contributed by atoms with Gasteiger partial charge in [-0.3, -0.25) is 0 Å². The lowest BCUT2D eigenvalue weighted by molar-refractivity contribution is 0.473. The first-order valence-electron chi connectivity index (χ1n) is 5.72. The van der Waals surface area contributed by atoms with E-state index in [0.29, 0.717) is 17.7 Å². The molecule has 0 amide bonds. The van der Waals surface area contributed by atoms with Crippen LogP contribution in [0.2, 0.25) is 0 Å². The zero-order valence-corrected chi connectivity index (χ0v) is 9.46. The predicted molar refractivity (Wildman–Crippen MR) is 62.3 cm³/mol. The first-order valence-corrected chi connectivity index (χ1v) is 5.72. The summed E-state index contributed by atoms with van der Waals surface area (Å²) in [5.74, 6) is 0.972. The number of benzene rings is 1. The Bertz CT molecular complexity index is 346. The molecule has 1 unspecified atom stereocenters. The fourth-order valence-electron chi connectivity index (χ4n) is 2.27. The van der Waals surface area contributed by atoms with Gasteiger partial charge in [-0.1, -0.05) is 19.9 Å². The molecule has 2 nitrogen and oxygen atoms in total. The van der Waals surface area contributed by atoms with Crippen molar-refractivity contribution < 1.29 is 5.11 Å². The third-order valence-corrected chi connectivity index (χ3v) is 3.10. The Morgan fingerprint density at radius 1 is 1.47 bits per heavy atom. The molecule has 0 fully saturated rings. The van der Waals surface area contributed by atoms with Crippen LogP contribution in [-0.4, -0.2) is 17.7 Å². The third kappa shape index (κ3) is 2.32. The van der Waals surface area contributed by atoms with E-state index < -0.39 is 0 Å². The van der Waals surface area contributed by atoms with Gasteiger partial charge in [0, 0.05) is 12.6 Å². The quantitative estimate of drug-likeness (QED) is 0.794. The highest BCUT2D eigenvalue weighted by Crippen LogP contribution is 2.34. The van der Waals surface area contributed by atoms with Crippen LogP contribution in [0.4, 0.5) is 0 Å². The van der Waals surface area contributed by atoms with Crippen LogP contribution in [0.3, 0.4) is 0 Å². The van der Waals surface area contributed by atoms with Crippen LogP contribution in [0.1, 0.15) is 37.3 Å². The Morgan fingerprint density at radius 3 is 3.00 bits per heavy atom. The summed E-state index contributed by atoms with van der Waals surface area (Å²) < 4.78 is 0. The van der Waals surface area contributed by atoms with Crippen molar-refractivity contribution in [1.29, 1.82) is 0 Å². The van der Waals surface area contributed by atoms with Gasteiger partial charge in [0.2, 0.25) is 0 Å². The van der Waals surface area contributed by atoms with E-state index in [1.54, 1.807) is 6.07 Å². The molecule has 1 atom stereocenters. The van der Waals surface area contributed by atoms with E-state index in [9.17, 15) is 5.11 Å². The summed E-state index contributed by atoms with van der Waals surface area (Å²) in [6.07, 6.45) is 2.36. The fourth-order valence-corrected chi connectivity index (χ4v) is 2.27. The summed E-state index contributed by atoms with van der Waals surface area (Å²) in [5.41, 5.74) is 2.74. The lowest BCUT2D eigenvalue weighted by Gasteiger charge is -2.15. The third-order valence-electron chi connectivity index (χ3n) is 3.10. The number of aryl methyl sites for hydroxylation is 1. The Hall–Kier alpha value is -1.02. The van der Waals surface area contributed by atoms with Crippen molar-refractivity contribution in [2.75, 3.05) is 6.54 Å².